The van der Waals surface area contributed by atoms with E-state index in [-0.39, 0.29) is 17.0 Å². The summed E-state index contributed by atoms with van der Waals surface area (Å²) in [6.07, 6.45) is 4.83. The van der Waals surface area contributed by atoms with E-state index >= 15 is 0 Å². The zero-order chi connectivity index (χ0) is 20.5. The molecular weight excluding hydrogens is 382 g/mol. The molecule has 0 aliphatic rings. The molecule has 1 aromatic carbocycles. The van der Waals surface area contributed by atoms with Crippen molar-refractivity contribution in [2.75, 3.05) is 10.6 Å². The quantitative estimate of drug-likeness (QED) is 0.509. The summed E-state index contributed by atoms with van der Waals surface area (Å²) in [5, 5.41) is 14.4. The Bertz CT molecular complexity index is 823. The molecule has 0 radical (unpaired) electrons. The second-order valence-electron chi connectivity index (χ2n) is 6.04. The van der Waals surface area contributed by atoms with Crippen LogP contribution in [0.2, 0.25) is 0 Å². The van der Waals surface area contributed by atoms with Gasteiger partial charge in [0.15, 0.2) is 0 Å². The van der Waals surface area contributed by atoms with Gasteiger partial charge >= 0.3 is 5.97 Å². The number of rotatable bonds is 10. The number of anilines is 2. The molecule has 0 saturated carbocycles. The van der Waals surface area contributed by atoms with Crippen LogP contribution < -0.4 is 10.6 Å². The Morgan fingerprint density at radius 2 is 1.75 bits per heavy atom. The van der Waals surface area contributed by atoms with Crippen LogP contribution in [0.4, 0.5) is 11.4 Å². The average molecular weight is 405 g/mol. The number of nitrogens with zero attached hydrogens (tertiary/aromatic N) is 1. The van der Waals surface area contributed by atoms with Crippen LogP contribution in [0.15, 0.2) is 40.3 Å². The fourth-order valence-corrected chi connectivity index (χ4v) is 3.27. The van der Waals surface area contributed by atoms with Gasteiger partial charge in [-0.1, -0.05) is 19.9 Å². The number of carboxylic acid groups (broad SMARTS) is 1. The van der Waals surface area contributed by atoms with Crippen molar-refractivity contribution in [1.82, 2.24) is 4.98 Å². The predicted molar refractivity (Wildman–Crippen MR) is 106 cm³/mol. The molecule has 1 heterocycles. The molecule has 2 rings (SSSR count). The second kappa shape index (κ2) is 10.5. The topological polar surface area (TPSA) is 122 Å². The number of aliphatic carboxylic acids is 1. The molecule has 0 fully saturated rings. The summed E-state index contributed by atoms with van der Waals surface area (Å²) in [4.78, 5) is 39.8. The first kappa shape index (κ1) is 21.5. The minimum Gasteiger partial charge on any atom is -0.480 e. The van der Waals surface area contributed by atoms with Gasteiger partial charge < -0.3 is 20.2 Å². The number of carboxylic acids is 1. The highest BCUT2D eigenvalue weighted by Crippen LogP contribution is 2.37. The highest BCUT2D eigenvalue weighted by atomic mass is 32.2. The van der Waals surface area contributed by atoms with E-state index in [4.69, 9.17) is 4.42 Å². The van der Waals surface area contributed by atoms with E-state index in [1.54, 1.807) is 18.2 Å². The van der Waals surface area contributed by atoms with Crippen molar-refractivity contribution in [1.29, 1.82) is 0 Å². The molecular formula is C19H23N3O5S. The molecule has 0 spiro atoms. The maximum absolute atomic E-state index is 12.1. The Kier molecular flexibility index (Phi) is 8.06. The lowest BCUT2D eigenvalue weighted by Crippen LogP contribution is -2.17. The molecule has 28 heavy (non-hydrogen) atoms. The Balaban J connectivity index is 2.34. The molecule has 8 nitrogen and oxygen atoms in total. The highest BCUT2D eigenvalue weighted by molar-refractivity contribution is 8.00. The van der Waals surface area contributed by atoms with E-state index < -0.39 is 11.2 Å². The number of carbonyl (C=O) groups is 3. The molecule has 0 bridgehead atoms. The SMILES string of the molecule is CCCC(=O)Nc1ccc(C(Sc2ncco2)C(=O)O)cc1NC(=O)CCC. The van der Waals surface area contributed by atoms with Gasteiger partial charge in [0.2, 0.25) is 11.8 Å². The van der Waals surface area contributed by atoms with E-state index in [1.165, 1.54) is 12.5 Å². The van der Waals surface area contributed by atoms with Gasteiger partial charge in [0, 0.05) is 12.8 Å². The molecule has 0 aliphatic carbocycles. The Morgan fingerprint density at radius 1 is 1.11 bits per heavy atom. The van der Waals surface area contributed by atoms with E-state index in [0.717, 1.165) is 11.8 Å². The van der Waals surface area contributed by atoms with Gasteiger partial charge in [-0.15, -0.1) is 0 Å². The van der Waals surface area contributed by atoms with Gasteiger partial charge in [0.25, 0.3) is 5.22 Å². The van der Waals surface area contributed by atoms with E-state index in [9.17, 15) is 19.5 Å². The number of amides is 2. The lowest BCUT2D eigenvalue weighted by Gasteiger charge is -2.16. The first-order valence-electron chi connectivity index (χ1n) is 8.97. The van der Waals surface area contributed by atoms with Gasteiger partial charge in [-0.3, -0.25) is 14.4 Å². The van der Waals surface area contributed by atoms with E-state index in [2.05, 4.69) is 15.6 Å². The Morgan fingerprint density at radius 3 is 2.29 bits per heavy atom. The third-order valence-corrected chi connectivity index (χ3v) is 4.81. The van der Waals surface area contributed by atoms with Gasteiger partial charge in [-0.2, -0.15) is 0 Å². The third kappa shape index (κ3) is 6.12. The van der Waals surface area contributed by atoms with Crippen molar-refractivity contribution in [2.45, 2.75) is 50.0 Å². The lowest BCUT2D eigenvalue weighted by atomic mass is 10.1. The Hall–Kier alpha value is -2.81. The molecule has 1 atom stereocenters. The zero-order valence-corrected chi connectivity index (χ0v) is 16.5. The fraction of sp³-hybridized carbons (Fsp3) is 0.368. The number of carbonyl (C=O) groups excluding carboxylic acids is 2. The molecule has 2 amide bonds. The van der Waals surface area contributed by atoms with Crippen LogP contribution in [0.1, 0.15) is 50.3 Å². The summed E-state index contributed by atoms with van der Waals surface area (Å²) in [5.74, 6) is -1.46. The van der Waals surface area contributed by atoms with Crippen LogP contribution in [0, 0.1) is 0 Å². The first-order valence-corrected chi connectivity index (χ1v) is 9.85. The van der Waals surface area contributed by atoms with Crippen molar-refractivity contribution in [3.05, 3.63) is 36.2 Å². The van der Waals surface area contributed by atoms with Crippen LogP contribution in [-0.2, 0) is 14.4 Å². The Labute approximate surface area is 167 Å². The van der Waals surface area contributed by atoms with Gasteiger partial charge in [0.05, 0.1) is 17.6 Å². The first-order chi connectivity index (χ1) is 13.4. The summed E-state index contributed by atoms with van der Waals surface area (Å²) >= 11 is 0.945. The number of hydrogen-bond donors (Lipinski definition) is 3. The van der Waals surface area contributed by atoms with Crippen LogP contribution >= 0.6 is 11.8 Å². The van der Waals surface area contributed by atoms with Crippen LogP contribution in [0.5, 0.6) is 0 Å². The van der Waals surface area contributed by atoms with Gasteiger partial charge in [-0.05, 0) is 42.3 Å². The zero-order valence-electron chi connectivity index (χ0n) is 15.7. The number of thioether (sulfide) groups is 1. The number of benzene rings is 1. The predicted octanol–water partition coefficient (Wildman–Crippen LogP) is 4.07. The largest absolute Gasteiger partial charge is 0.480 e. The molecule has 3 N–H and O–H groups in total. The maximum atomic E-state index is 12.1. The van der Waals surface area contributed by atoms with Crippen molar-refractivity contribution < 1.29 is 23.9 Å². The summed E-state index contributed by atoms with van der Waals surface area (Å²) in [5.41, 5.74) is 1.23. The van der Waals surface area contributed by atoms with Crippen LogP contribution in [0.3, 0.4) is 0 Å². The van der Waals surface area contributed by atoms with Gasteiger partial charge in [0.1, 0.15) is 11.5 Å². The third-order valence-electron chi connectivity index (χ3n) is 3.70. The summed E-state index contributed by atoms with van der Waals surface area (Å²) < 4.78 is 5.13. The maximum Gasteiger partial charge on any atom is 0.321 e. The van der Waals surface area contributed by atoms with Crippen LogP contribution in [0.25, 0.3) is 0 Å². The van der Waals surface area contributed by atoms with Gasteiger partial charge in [-0.25, -0.2) is 4.98 Å². The van der Waals surface area contributed by atoms with E-state index in [1.807, 2.05) is 13.8 Å². The summed E-state index contributed by atoms with van der Waals surface area (Å²) in [6, 6.07) is 4.76. The van der Waals surface area contributed by atoms with Crippen LogP contribution in [-0.4, -0.2) is 27.9 Å². The van der Waals surface area contributed by atoms with Crippen molar-refractivity contribution in [3.8, 4) is 0 Å². The molecule has 0 aliphatic heterocycles. The van der Waals surface area contributed by atoms with Crippen molar-refractivity contribution >= 4 is 40.9 Å². The molecule has 150 valence electrons. The van der Waals surface area contributed by atoms with Crippen molar-refractivity contribution in [2.24, 2.45) is 0 Å². The molecule has 0 saturated heterocycles. The normalized spacial score (nSPS) is 11.6. The summed E-state index contributed by atoms with van der Waals surface area (Å²) in [6.45, 7) is 3.78. The molecule has 2 aromatic rings. The van der Waals surface area contributed by atoms with Crippen molar-refractivity contribution in [3.63, 3.8) is 0 Å². The molecule has 9 heteroatoms. The standard InChI is InChI=1S/C19H23N3O5S/c1-3-5-15(23)21-13-8-7-12(11-14(13)22-16(24)6-4-2)17(18(25)26)28-19-20-9-10-27-19/h7-11,17H,3-6H2,1-2H3,(H,21,23)(H,22,24)(H,25,26). The minimum atomic E-state index is -1.07. The number of oxazole rings is 1. The molecule has 1 aromatic heterocycles. The number of hydrogen-bond acceptors (Lipinski definition) is 6. The average Bonchev–Trinajstić information content (AvgIpc) is 3.14. The number of aromatic nitrogens is 1. The number of nitrogens with one attached hydrogen (secondary N) is 2. The fourth-order valence-electron chi connectivity index (χ4n) is 2.45. The summed E-state index contributed by atoms with van der Waals surface area (Å²) in [7, 11) is 0. The monoisotopic (exact) mass is 405 g/mol. The van der Waals surface area contributed by atoms with E-state index in [0.29, 0.717) is 42.6 Å². The highest BCUT2D eigenvalue weighted by Gasteiger charge is 2.25. The second-order valence-corrected chi connectivity index (χ2v) is 7.09. The lowest BCUT2D eigenvalue weighted by molar-refractivity contribution is -0.136. The smallest absolute Gasteiger partial charge is 0.321 e. The minimum absolute atomic E-state index is 0.176. The molecule has 1 unspecified atom stereocenters.